The summed E-state index contributed by atoms with van der Waals surface area (Å²) in [6, 6.07) is 18.9. The van der Waals surface area contributed by atoms with Gasteiger partial charge in [0.2, 0.25) is 5.88 Å². The maximum atomic E-state index is 10.9. The Kier molecular flexibility index (Phi) is 6.15. The number of ether oxygens (including phenoxy) is 2. The van der Waals surface area contributed by atoms with Gasteiger partial charge in [0.1, 0.15) is 17.5 Å². The van der Waals surface area contributed by atoms with Gasteiger partial charge < -0.3 is 9.47 Å². The molecule has 1 aliphatic rings. The van der Waals surface area contributed by atoms with E-state index in [1.165, 1.54) is 0 Å². The molecule has 4 rings (SSSR count). The molecule has 7 nitrogen and oxygen atoms in total. The van der Waals surface area contributed by atoms with Crippen LogP contribution in [-0.4, -0.2) is 41.6 Å². The van der Waals surface area contributed by atoms with E-state index in [2.05, 4.69) is 6.07 Å². The molecule has 180 valence electrons. The van der Waals surface area contributed by atoms with Gasteiger partial charge in [-0.05, 0) is 52.0 Å². The molecule has 8 heteroatoms. The number of para-hydroxylation sites is 2. The largest absolute Gasteiger partial charge is 0.494 e. The van der Waals surface area contributed by atoms with Crippen LogP contribution < -0.4 is 9.47 Å². The Hall–Kier alpha value is -2.99. The number of nitrogens with zero attached hydrogens (tertiary/aromatic N) is 3. The molecule has 1 aromatic heterocycles. The quantitative estimate of drug-likeness (QED) is 0.445. The number of hydrogen-bond donors (Lipinski definition) is 2. The molecule has 2 heterocycles. The minimum Gasteiger partial charge on any atom is -0.494 e. The first-order valence-corrected chi connectivity index (χ1v) is 12.7. The van der Waals surface area contributed by atoms with E-state index >= 15 is 0 Å². The van der Waals surface area contributed by atoms with E-state index in [0.717, 1.165) is 16.9 Å². The maximum Gasteiger partial charge on any atom is 0.234 e. The predicted molar refractivity (Wildman–Crippen MR) is 135 cm³/mol. The van der Waals surface area contributed by atoms with Crippen molar-refractivity contribution in [3.8, 4) is 34.6 Å². The Morgan fingerprint density at radius 2 is 1.65 bits per heavy atom. The van der Waals surface area contributed by atoms with Crippen molar-refractivity contribution in [2.24, 2.45) is 0 Å². The van der Waals surface area contributed by atoms with Crippen LogP contribution in [0.1, 0.15) is 46.1 Å². The average Bonchev–Trinajstić information content (AvgIpc) is 3.20. The molecule has 2 aromatic carbocycles. The molecule has 2 N–H and O–H groups in total. The van der Waals surface area contributed by atoms with Crippen molar-refractivity contribution in [2.45, 2.75) is 56.1 Å². The molecule has 0 atom stereocenters. The van der Waals surface area contributed by atoms with E-state index in [-0.39, 0.29) is 6.10 Å². The average molecular weight is 482 g/mol. The zero-order valence-corrected chi connectivity index (χ0v) is 21.0. The molecule has 0 unspecified atom stereocenters. The molecule has 0 bridgehead atoms. The summed E-state index contributed by atoms with van der Waals surface area (Å²) in [6.07, 6.45) is 0.790. The van der Waals surface area contributed by atoms with Crippen molar-refractivity contribution in [3.05, 3.63) is 60.2 Å². The van der Waals surface area contributed by atoms with Gasteiger partial charge in [-0.15, -0.1) is 5.10 Å². The third-order valence-corrected chi connectivity index (χ3v) is 9.99. The normalized spacial score (nSPS) is 19.7. The van der Waals surface area contributed by atoms with E-state index in [1.54, 1.807) is 23.9 Å². The molecular formula is C26H31N3O4S. The fourth-order valence-corrected chi connectivity index (χ4v) is 7.06. The predicted octanol–water partition coefficient (Wildman–Crippen LogP) is 6.27. The molecule has 1 fully saturated rings. The summed E-state index contributed by atoms with van der Waals surface area (Å²) < 4.78 is 34.1. The summed E-state index contributed by atoms with van der Waals surface area (Å²) in [7, 11) is -1.20. The second kappa shape index (κ2) is 8.66. The Morgan fingerprint density at radius 1 is 1.03 bits per heavy atom. The second-order valence-corrected chi connectivity index (χ2v) is 13.2. The number of methoxy groups -OCH3 is 1. The van der Waals surface area contributed by atoms with E-state index in [0.29, 0.717) is 30.0 Å². The van der Waals surface area contributed by atoms with Gasteiger partial charge in [0.05, 0.1) is 33.9 Å². The maximum absolute atomic E-state index is 10.9. The minimum atomic E-state index is -2.82. The Morgan fingerprint density at radius 3 is 2.24 bits per heavy atom. The number of aromatic nitrogens is 2. The number of benzene rings is 2. The standard InChI is InChI=1S/C26H31N3O4S/c1-25(2)15-20(16-26(3,4)34(25,30)31)33-24-14-22(19-12-10-18(17-27)11-13-19)29(28-24)21-8-6-7-9-23(21)32-5/h6-14,20,30-31H,15-16H2,1-5H3. The molecule has 0 spiro atoms. The molecule has 0 saturated carbocycles. The van der Waals surface area contributed by atoms with Gasteiger partial charge in [-0.25, -0.2) is 4.68 Å². The third kappa shape index (κ3) is 4.16. The van der Waals surface area contributed by atoms with Crippen molar-refractivity contribution in [1.29, 1.82) is 5.26 Å². The molecule has 0 amide bonds. The lowest BCUT2D eigenvalue weighted by molar-refractivity contribution is 0.130. The first-order valence-electron chi connectivity index (χ1n) is 11.2. The molecule has 34 heavy (non-hydrogen) atoms. The molecular weight excluding hydrogens is 450 g/mol. The first-order chi connectivity index (χ1) is 16.0. The van der Waals surface area contributed by atoms with Crippen molar-refractivity contribution < 1.29 is 18.6 Å². The Labute approximate surface area is 202 Å². The Bertz CT molecular complexity index is 1210. The molecule has 1 saturated heterocycles. The van der Waals surface area contributed by atoms with Crippen molar-refractivity contribution in [3.63, 3.8) is 0 Å². The molecule has 0 radical (unpaired) electrons. The second-order valence-electron chi connectivity index (χ2n) is 9.86. The number of nitriles is 1. The van der Waals surface area contributed by atoms with Crippen LogP contribution in [0.3, 0.4) is 0 Å². The van der Waals surface area contributed by atoms with Gasteiger partial charge in [-0.3, -0.25) is 9.11 Å². The molecule has 3 aromatic rings. The molecule has 0 aliphatic carbocycles. The van der Waals surface area contributed by atoms with E-state index in [4.69, 9.17) is 19.8 Å². The summed E-state index contributed by atoms with van der Waals surface area (Å²) in [4.78, 5) is 0. The van der Waals surface area contributed by atoms with Crippen LogP contribution in [0, 0.1) is 11.3 Å². The van der Waals surface area contributed by atoms with Crippen LogP contribution in [0.2, 0.25) is 0 Å². The van der Waals surface area contributed by atoms with Gasteiger partial charge in [-0.2, -0.15) is 15.9 Å². The number of hydrogen-bond acceptors (Lipinski definition) is 6. The fourth-order valence-electron chi connectivity index (χ4n) is 4.73. The highest BCUT2D eigenvalue weighted by atomic mass is 32.3. The summed E-state index contributed by atoms with van der Waals surface area (Å²) >= 11 is 0. The lowest BCUT2D eigenvalue weighted by Crippen LogP contribution is -2.51. The van der Waals surface area contributed by atoms with Crippen molar-refractivity contribution in [1.82, 2.24) is 9.78 Å². The summed E-state index contributed by atoms with van der Waals surface area (Å²) in [5.41, 5.74) is 3.01. The lowest BCUT2D eigenvalue weighted by atomic mass is 9.95. The zero-order valence-electron chi connectivity index (χ0n) is 20.1. The van der Waals surface area contributed by atoms with Gasteiger partial charge in [-0.1, -0.05) is 24.3 Å². The van der Waals surface area contributed by atoms with Gasteiger partial charge in [0.15, 0.2) is 0 Å². The van der Waals surface area contributed by atoms with Crippen molar-refractivity contribution >= 4 is 10.6 Å². The Balaban J connectivity index is 1.75. The van der Waals surface area contributed by atoms with Crippen LogP contribution in [0.25, 0.3) is 16.9 Å². The van der Waals surface area contributed by atoms with Crippen LogP contribution in [0.15, 0.2) is 54.6 Å². The van der Waals surface area contributed by atoms with Crippen LogP contribution in [-0.2, 0) is 0 Å². The van der Waals surface area contributed by atoms with Crippen LogP contribution >= 0.6 is 10.6 Å². The summed E-state index contributed by atoms with van der Waals surface area (Å²) in [6.45, 7) is 7.54. The highest BCUT2D eigenvalue weighted by molar-refractivity contribution is 8.26. The van der Waals surface area contributed by atoms with Crippen LogP contribution in [0.4, 0.5) is 0 Å². The summed E-state index contributed by atoms with van der Waals surface area (Å²) in [5.74, 6) is 1.11. The van der Waals surface area contributed by atoms with Crippen molar-refractivity contribution in [2.75, 3.05) is 7.11 Å². The van der Waals surface area contributed by atoms with Gasteiger partial charge in [0, 0.05) is 24.5 Å². The summed E-state index contributed by atoms with van der Waals surface area (Å²) in [5, 5.41) is 13.9. The zero-order chi connectivity index (χ0) is 24.7. The van der Waals surface area contributed by atoms with Gasteiger partial charge >= 0.3 is 0 Å². The minimum absolute atomic E-state index is 0.222. The van der Waals surface area contributed by atoms with Gasteiger partial charge in [0.25, 0.3) is 0 Å². The number of rotatable bonds is 5. The van der Waals surface area contributed by atoms with E-state index in [9.17, 15) is 9.11 Å². The van der Waals surface area contributed by atoms with Crippen LogP contribution in [0.5, 0.6) is 11.6 Å². The highest BCUT2D eigenvalue weighted by Gasteiger charge is 2.52. The molecule has 1 aliphatic heterocycles. The monoisotopic (exact) mass is 481 g/mol. The SMILES string of the molecule is COc1ccccc1-n1nc(OC2CC(C)(C)S(O)(O)C(C)(C)C2)cc1-c1ccc(C#N)cc1. The lowest BCUT2D eigenvalue weighted by Gasteiger charge is -2.61. The third-order valence-electron chi connectivity index (χ3n) is 6.58. The van der Waals surface area contributed by atoms with E-state index < -0.39 is 20.1 Å². The van der Waals surface area contributed by atoms with E-state index in [1.807, 2.05) is 70.2 Å². The highest BCUT2D eigenvalue weighted by Crippen LogP contribution is 2.67. The fraction of sp³-hybridized carbons (Fsp3) is 0.385. The first kappa shape index (κ1) is 24.1. The topological polar surface area (TPSA) is 101 Å². The smallest absolute Gasteiger partial charge is 0.234 e.